The number of hydrogen-bond acceptors (Lipinski definition) is 6. The standard InChI is InChI=1S/C25H29N3O4/c1-16-22(25(29)30)24(26)23-20(27-16)4-3-5-21(23)32-15-18-10-12-28(13-11-18)14-17-6-8-19(31-2)9-7-17/h3-9,18H,10-15H2,1-2H3,(H2,26,27)(H,29,30). The largest absolute Gasteiger partial charge is 0.497 e. The summed E-state index contributed by atoms with van der Waals surface area (Å²) >= 11 is 0. The van der Waals surface area contributed by atoms with Crippen molar-refractivity contribution in [2.75, 3.05) is 32.5 Å². The van der Waals surface area contributed by atoms with Gasteiger partial charge in [0.25, 0.3) is 0 Å². The molecule has 0 spiro atoms. The zero-order valence-electron chi connectivity index (χ0n) is 18.5. The molecule has 1 fully saturated rings. The number of nitrogens with two attached hydrogens (primary N) is 1. The third kappa shape index (κ3) is 4.62. The van der Waals surface area contributed by atoms with E-state index in [-0.39, 0.29) is 11.3 Å². The molecule has 7 nitrogen and oxygen atoms in total. The van der Waals surface area contributed by atoms with Gasteiger partial charge in [0, 0.05) is 6.54 Å². The van der Waals surface area contributed by atoms with E-state index in [1.165, 1.54) is 5.56 Å². The number of carboxylic acids is 1. The van der Waals surface area contributed by atoms with Gasteiger partial charge in [0.2, 0.25) is 0 Å². The lowest BCUT2D eigenvalue weighted by atomic mass is 9.97. The first kappa shape index (κ1) is 21.9. The van der Waals surface area contributed by atoms with Crippen molar-refractivity contribution in [2.24, 2.45) is 5.92 Å². The van der Waals surface area contributed by atoms with Crippen LogP contribution in [0.4, 0.5) is 5.69 Å². The highest BCUT2D eigenvalue weighted by Crippen LogP contribution is 2.34. The Morgan fingerprint density at radius 2 is 1.91 bits per heavy atom. The minimum absolute atomic E-state index is 0.0420. The number of ether oxygens (including phenoxy) is 2. The molecule has 0 aliphatic carbocycles. The predicted molar refractivity (Wildman–Crippen MR) is 124 cm³/mol. The Labute approximate surface area is 187 Å². The van der Waals surface area contributed by atoms with E-state index in [0.29, 0.717) is 34.9 Å². The number of piperidine rings is 1. The lowest BCUT2D eigenvalue weighted by Gasteiger charge is -2.32. The van der Waals surface area contributed by atoms with Gasteiger partial charge in [-0.25, -0.2) is 4.79 Å². The Hall–Kier alpha value is -3.32. The molecule has 3 aromatic rings. The SMILES string of the molecule is COc1ccc(CN2CCC(COc3cccc4nc(C)c(C(=O)O)c(N)c34)CC2)cc1. The molecule has 2 heterocycles. The lowest BCUT2D eigenvalue weighted by Crippen LogP contribution is -2.35. The Morgan fingerprint density at radius 3 is 2.56 bits per heavy atom. The normalized spacial score (nSPS) is 15.1. The zero-order valence-corrected chi connectivity index (χ0v) is 18.5. The molecular formula is C25H29N3O4. The highest BCUT2D eigenvalue weighted by molar-refractivity contribution is 6.06. The molecule has 1 saturated heterocycles. The van der Waals surface area contributed by atoms with Gasteiger partial charge >= 0.3 is 5.97 Å². The third-order valence-electron chi connectivity index (χ3n) is 6.15. The van der Waals surface area contributed by atoms with E-state index in [0.717, 1.165) is 38.2 Å². The molecule has 1 aliphatic heterocycles. The van der Waals surface area contributed by atoms with Gasteiger partial charge in [-0.3, -0.25) is 9.88 Å². The number of carbonyl (C=O) groups is 1. The van der Waals surface area contributed by atoms with Crippen LogP contribution in [0, 0.1) is 12.8 Å². The number of nitrogens with zero attached hydrogens (tertiary/aromatic N) is 2. The fourth-order valence-electron chi connectivity index (χ4n) is 4.34. The number of anilines is 1. The van der Waals surface area contributed by atoms with Crippen molar-refractivity contribution in [1.29, 1.82) is 0 Å². The number of aromatic carboxylic acids is 1. The number of carboxylic acid groups (broad SMARTS) is 1. The Kier molecular flexibility index (Phi) is 6.46. The van der Waals surface area contributed by atoms with E-state index in [9.17, 15) is 9.90 Å². The second kappa shape index (κ2) is 9.44. The Morgan fingerprint density at radius 1 is 1.19 bits per heavy atom. The highest BCUT2D eigenvalue weighted by Gasteiger charge is 2.22. The summed E-state index contributed by atoms with van der Waals surface area (Å²) in [6, 6.07) is 13.7. The van der Waals surface area contributed by atoms with Crippen molar-refractivity contribution in [2.45, 2.75) is 26.3 Å². The molecule has 4 rings (SSSR count). The number of methoxy groups -OCH3 is 1. The van der Waals surface area contributed by atoms with Gasteiger partial charge in [0.1, 0.15) is 17.1 Å². The topological polar surface area (TPSA) is 97.9 Å². The van der Waals surface area contributed by atoms with E-state index < -0.39 is 5.97 Å². The van der Waals surface area contributed by atoms with Gasteiger partial charge in [-0.15, -0.1) is 0 Å². The summed E-state index contributed by atoms with van der Waals surface area (Å²) in [4.78, 5) is 18.5. The second-order valence-corrected chi connectivity index (χ2v) is 8.32. The summed E-state index contributed by atoms with van der Waals surface area (Å²) in [5.41, 5.74) is 8.82. The van der Waals surface area contributed by atoms with Crippen molar-refractivity contribution in [3.8, 4) is 11.5 Å². The first-order valence-corrected chi connectivity index (χ1v) is 10.9. The molecule has 0 radical (unpaired) electrons. The maximum absolute atomic E-state index is 11.6. The fourth-order valence-corrected chi connectivity index (χ4v) is 4.34. The molecule has 168 valence electrons. The fraction of sp³-hybridized carbons (Fsp3) is 0.360. The molecule has 3 N–H and O–H groups in total. The lowest BCUT2D eigenvalue weighted by molar-refractivity contribution is 0.0697. The molecule has 0 bridgehead atoms. The van der Waals surface area contributed by atoms with Crippen molar-refractivity contribution in [3.63, 3.8) is 0 Å². The smallest absolute Gasteiger partial charge is 0.339 e. The minimum Gasteiger partial charge on any atom is -0.497 e. The molecule has 1 aliphatic rings. The first-order valence-electron chi connectivity index (χ1n) is 10.9. The van der Waals surface area contributed by atoms with Crippen LogP contribution in [0.3, 0.4) is 0 Å². The molecular weight excluding hydrogens is 406 g/mol. The maximum Gasteiger partial charge on any atom is 0.339 e. The van der Waals surface area contributed by atoms with Gasteiger partial charge in [0.05, 0.1) is 36.0 Å². The van der Waals surface area contributed by atoms with Gasteiger partial charge in [-0.2, -0.15) is 0 Å². The zero-order chi connectivity index (χ0) is 22.7. The molecule has 1 aromatic heterocycles. The summed E-state index contributed by atoms with van der Waals surface area (Å²) in [5.74, 6) is 0.833. The third-order valence-corrected chi connectivity index (χ3v) is 6.15. The van der Waals surface area contributed by atoms with Crippen LogP contribution in [0.2, 0.25) is 0 Å². The van der Waals surface area contributed by atoms with E-state index in [1.54, 1.807) is 14.0 Å². The van der Waals surface area contributed by atoms with E-state index in [2.05, 4.69) is 22.0 Å². The molecule has 0 amide bonds. The van der Waals surface area contributed by atoms with Crippen molar-refractivity contribution < 1.29 is 19.4 Å². The van der Waals surface area contributed by atoms with E-state index in [4.69, 9.17) is 15.2 Å². The number of aryl methyl sites for hydroxylation is 1. The van der Waals surface area contributed by atoms with Crippen LogP contribution in [0.5, 0.6) is 11.5 Å². The number of aromatic nitrogens is 1. The maximum atomic E-state index is 11.6. The summed E-state index contributed by atoms with van der Waals surface area (Å²) in [5, 5.41) is 10.1. The van der Waals surface area contributed by atoms with Crippen LogP contribution in [-0.4, -0.2) is 47.8 Å². The van der Waals surface area contributed by atoms with Crippen LogP contribution in [0.15, 0.2) is 42.5 Å². The number of likely N-dealkylation sites (tertiary alicyclic amines) is 1. The van der Waals surface area contributed by atoms with Crippen molar-refractivity contribution in [3.05, 3.63) is 59.3 Å². The highest BCUT2D eigenvalue weighted by atomic mass is 16.5. The van der Waals surface area contributed by atoms with Crippen LogP contribution in [0.25, 0.3) is 10.9 Å². The Balaban J connectivity index is 1.38. The molecule has 32 heavy (non-hydrogen) atoms. The van der Waals surface area contributed by atoms with E-state index >= 15 is 0 Å². The van der Waals surface area contributed by atoms with Crippen LogP contribution >= 0.6 is 0 Å². The average Bonchev–Trinajstić information content (AvgIpc) is 2.78. The van der Waals surface area contributed by atoms with Crippen molar-refractivity contribution >= 4 is 22.6 Å². The quantitative estimate of drug-likeness (QED) is 0.576. The number of hydrogen-bond donors (Lipinski definition) is 2. The summed E-state index contributed by atoms with van der Waals surface area (Å²) in [6.07, 6.45) is 2.10. The average molecular weight is 436 g/mol. The number of benzene rings is 2. The van der Waals surface area contributed by atoms with Gasteiger partial charge in [-0.1, -0.05) is 18.2 Å². The number of nitrogen functional groups attached to an aromatic ring is 1. The summed E-state index contributed by atoms with van der Waals surface area (Å²) in [6.45, 7) is 5.20. The molecule has 0 saturated carbocycles. The van der Waals surface area contributed by atoms with Crippen LogP contribution < -0.4 is 15.2 Å². The first-order chi connectivity index (χ1) is 15.5. The number of fused-ring (bicyclic) bond motifs is 1. The Bertz CT molecular complexity index is 1110. The predicted octanol–water partition coefficient (Wildman–Crippen LogP) is 4.12. The molecule has 7 heteroatoms. The molecule has 2 aromatic carbocycles. The van der Waals surface area contributed by atoms with Crippen molar-refractivity contribution in [1.82, 2.24) is 9.88 Å². The monoisotopic (exact) mass is 435 g/mol. The van der Waals surface area contributed by atoms with Crippen LogP contribution in [0.1, 0.15) is 34.5 Å². The summed E-state index contributed by atoms with van der Waals surface area (Å²) < 4.78 is 11.4. The van der Waals surface area contributed by atoms with Crippen LogP contribution in [-0.2, 0) is 6.54 Å². The molecule has 0 unspecified atom stereocenters. The van der Waals surface area contributed by atoms with Gasteiger partial charge < -0.3 is 20.3 Å². The second-order valence-electron chi connectivity index (χ2n) is 8.32. The number of rotatable bonds is 7. The molecule has 0 atom stereocenters. The summed E-state index contributed by atoms with van der Waals surface area (Å²) in [7, 11) is 1.68. The number of pyridine rings is 1. The van der Waals surface area contributed by atoms with Gasteiger partial charge in [-0.05, 0) is 68.6 Å². The van der Waals surface area contributed by atoms with E-state index in [1.807, 2.05) is 30.3 Å². The minimum atomic E-state index is -1.08. The van der Waals surface area contributed by atoms with Gasteiger partial charge in [0.15, 0.2) is 0 Å².